The van der Waals surface area contributed by atoms with E-state index in [0.29, 0.717) is 27.6 Å². The average molecular weight is 460 g/mol. The Balaban J connectivity index is 1.81. The van der Waals surface area contributed by atoms with Crippen LogP contribution in [0.3, 0.4) is 0 Å². The van der Waals surface area contributed by atoms with Crippen molar-refractivity contribution in [2.75, 3.05) is 15.5 Å². The molecule has 1 heterocycles. The quantitative estimate of drug-likeness (QED) is 0.507. The molecule has 3 amide bonds. The van der Waals surface area contributed by atoms with Gasteiger partial charge in [-0.3, -0.25) is 14.4 Å². The smallest absolute Gasteiger partial charge is 0.282 e. The van der Waals surface area contributed by atoms with E-state index < -0.39 is 11.8 Å². The van der Waals surface area contributed by atoms with E-state index in [1.807, 2.05) is 26.0 Å². The second-order valence-corrected chi connectivity index (χ2v) is 8.31. The Hall–Kier alpha value is -3.90. The average Bonchev–Trinajstić information content (AvgIpc) is 3.00. The number of nitrogens with zero attached hydrogens (tertiary/aromatic N) is 1. The van der Waals surface area contributed by atoms with Crippen LogP contribution in [0.5, 0.6) is 0 Å². The van der Waals surface area contributed by atoms with Gasteiger partial charge in [0.2, 0.25) is 5.91 Å². The summed E-state index contributed by atoms with van der Waals surface area (Å²) in [6.45, 7) is 5.20. The topological polar surface area (TPSA) is 78.5 Å². The van der Waals surface area contributed by atoms with Crippen LogP contribution < -0.4 is 15.5 Å². The fourth-order valence-electron chi connectivity index (χ4n) is 3.74. The number of amides is 3. The molecule has 3 aromatic carbocycles. The Morgan fingerprint density at radius 2 is 1.64 bits per heavy atom. The first kappa shape index (κ1) is 22.3. The van der Waals surface area contributed by atoms with Crippen LogP contribution in [-0.4, -0.2) is 17.7 Å². The summed E-state index contributed by atoms with van der Waals surface area (Å²) in [6, 6.07) is 19.3. The van der Waals surface area contributed by atoms with Crippen molar-refractivity contribution in [1.82, 2.24) is 0 Å². The number of halogens is 1. The van der Waals surface area contributed by atoms with Gasteiger partial charge in [-0.05, 0) is 73.0 Å². The Kier molecular flexibility index (Phi) is 6.03. The van der Waals surface area contributed by atoms with Gasteiger partial charge in [-0.15, -0.1) is 0 Å². The highest BCUT2D eigenvalue weighted by atomic mass is 35.5. The fourth-order valence-corrected chi connectivity index (χ4v) is 3.97. The summed E-state index contributed by atoms with van der Waals surface area (Å²) < 4.78 is 0. The van der Waals surface area contributed by atoms with Crippen LogP contribution in [0.2, 0.25) is 5.02 Å². The number of anilines is 3. The number of hydrogen-bond donors (Lipinski definition) is 2. The molecule has 0 unspecified atom stereocenters. The number of rotatable bonds is 5. The summed E-state index contributed by atoms with van der Waals surface area (Å²) in [5.41, 5.74) is 4.54. The summed E-state index contributed by atoms with van der Waals surface area (Å²) in [4.78, 5) is 39.6. The molecule has 0 radical (unpaired) electrons. The van der Waals surface area contributed by atoms with Crippen LogP contribution in [0.4, 0.5) is 17.1 Å². The Morgan fingerprint density at radius 3 is 2.27 bits per heavy atom. The zero-order valence-electron chi connectivity index (χ0n) is 18.4. The third kappa shape index (κ3) is 4.52. The predicted octanol–water partition coefficient (Wildman–Crippen LogP) is 5.31. The number of benzene rings is 3. The van der Waals surface area contributed by atoms with E-state index in [4.69, 9.17) is 11.6 Å². The molecule has 0 bridgehead atoms. The van der Waals surface area contributed by atoms with Crippen molar-refractivity contribution in [3.05, 3.63) is 94.1 Å². The van der Waals surface area contributed by atoms with Crippen molar-refractivity contribution >= 4 is 52.0 Å². The number of carbonyl (C=O) groups is 3. The highest BCUT2D eigenvalue weighted by Gasteiger charge is 2.40. The molecule has 0 aromatic heterocycles. The fraction of sp³-hybridized carbons (Fsp3) is 0.115. The molecule has 0 atom stereocenters. The van der Waals surface area contributed by atoms with Gasteiger partial charge in [-0.25, -0.2) is 4.90 Å². The molecular formula is C26H22ClN3O3. The number of carbonyl (C=O) groups excluding carboxylic acids is 3. The van der Waals surface area contributed by atoms with E-state index in [0.717, 1.165) is 11.1 Å². The first-order chi connectivity index (χ1) is 15.7. The molecule has 1 aliphatic heterocycles. The van der Waals surface area contributed by atoms with Gasteiger partial charge in [0.05, 0.1) is 11.3 Å². The molecule has 0 aliphatic carbocycles. The van der Waals surface area contributed by atoms with Crippen molar-refractivity contribution in [2.45, 2.75) is 20.8 Å². The van der Waals surface area contributed by atoms with Crippen molar-refractivity contribution < 1.29 is 14.4 Å². The van der Waals surface area contributed by atoms with Gasteiger partial charge in [0.25, 0.3) is 11.8 Å². The lowest BCUT2D eigenvalue weighted by atomic mass is 10.0. The molecule has 0 fully saturated rings. The second-order valence-electron chi connectivity index (χ2n) is 7.88. The molecule has 1 aliphatic rings. The minimum atomic E-state index is -0.444. The molecule has 2 N–H and O–H groups in total. The van der Waals surface area contributed by atoms with Crippen LogP contribution in [0.1, 0.15) is 23.6 Å². The largest absolute Gasteiger partial charge is 0.350 e. The molecule has 0 saturated heterocycles. The molecule has 33 heavy (non-hydrogen) atoms. The third-order valence-electron chi connectivity index (χ3n) is 5.29. The number of hydrogen-bond acceptors (Lipinski definition) is 4. The van der Waals surface area contributed by atoms with E-state index in [9.17, 15) is 14.4 Å². The monoisotopic (exact) mass is 459 g/mol. The molecule has 166 valence electrons. The minimum Gasteiger partial charge on any atom is -0.350 e. The first-order valence-electron chi connectivity index (χ1n) is 10.4. The summed E-state index contributed by atoms with van der Waals surface area (Å²) in [7, 11) is 0. The minimum absolute atomic E-state index is 0.180. The van der Waals surface area contributed by atoms with Crippen molar-refractivity contribution in [2.24, 2.45) is 0 Å². The highest BCUT2D eigenvalue weighted by Crippen LogP contribution is 2.35. The third-order valence-corrected chi connectivity index (χ3v) is 5.52. The predicted molar refractivity (Wildman–Crippen MR) is 131 cm³/mol. The summed E-state index contributed by atoms with van der Waals surface area (Å²) in [5.74, 6) is -1.06. The Morgan fingerprint density at radius 1 is 0.909 bits per heavy atom. The van der Waals surface area contributed by atoms with Gasteiger partial charge in [0.15, 0.2) is 0 Å². The maximum Gasteiger partial charge on any atom is 0.282 e. The SMILES string of the molecule is CC(=O)Nc1ccc(C2=C(Nc3ccc(Cl)cc3C)C(=O)N(c3cccc(C)c3)C2=O)cc1. The van der Waals surface area contributed by atoms with Crippen molar-refractivity contribution in [3.8, 4) is 0 Å². The van der Waals surface area contributed by atoms with Crippen LogP contribution >= 0.6 is 11.6 Å². The van der Waals surface area contributed by atoms with Crippen LogP contribution in [0.15, 0.2) is 72.4 Å². The van der Waals surface area contributed by atoms with Crippen molar-refractivity contribution in [3.63, 3.8) is 0 Å². The lowest BCUT2D eigenvalue weighted by molar-refractivity contribution is -0.120. The second kappa shape index (κ2) is 8.92. The molecule has 0 spiro atoms. The summed E-state index contributed by atoms with van der Waals surface area (Å²) in [5, 5.41) is 6.45. The number of imide groups is 1. The maximum atomic E-state index is 13.5. The van der Waals surface area contributed by atoms with Gasteiger partial charge < -0.3 is 10.6 Å². The summed E-state index contributed by atoms with van der Waals surface area (Å²) >= 11 is 6.08. The van der Waals surface area contributed by atoms with Crippen molar-refractivity contribution in [1.29, 1.82) is 0 Å². The summed E-state index contributed by atoms with van der Waals surface area (Å²) in [6.07, 6.45) is 0. The van der Waals surface area contributed by atoms with E-state index in [1.54, 1.807) is 54.6 Å². The van der Waals surface area contributed by atoms with Crippen LogP contribution in [0, 0.1) is 13.8 Å². The molecule has 3 aromatic rings. The van der Waals surface area contributed by atoms with Gasteiger partial charge in [-0.1, -0.05) is 35.9 Å². The molecule has 4 rings (SSSR count). The number of nitrogens with one attached hydrogen (secondary N) is 2. The molecule has 7 heteroatoms. The van der Waals surface area contributed by atoms with E-state index >= 15 is 0 Å². The molecule has 0 saturated carbocycles. The van der Waals surface area contributed by atoms with Gasteiger partial charge in [0, 0.05) is 23.3 Å². The Labute approximate surface area is 196 Å². The normalized spacial score (nSPS) is 13.5. The molecule has 6 nitrogen and oxygen atoms in total. The van der Waals surface area contributed by atoms with E-state index in [1.165, 1.54) is 11.8 Å². The molecular weight excluding hydrogens is 438 g/mol. The zero-order chi connectivity index (χ0) is 23.7. The lowest BCUT2D eigenvalue weighted by Crippen LogP contribution is -2.32. The van der Waals surface area contributed by atoms with Gasteiger partial charge >= 0.3 is 0 Å². The van der Waals surface area contributed by atoms with E-state index in [2.05, 4.69) is 10.6 Å². The van der Waals surface area contributed by atoms with Gasteiger partial charge in [-0.2, -0.15) is 0 Å². The number of aryl methyl sites for hydroxylation is 2. The van der Waals surface area contributed by atoms with E-state index in [-0.39, 0.29) is 17.2 Å². The first-order valence-corrected chi connectivity index (χ1v) is 10.7. The standard InChI is InChI=1S/C26H22ClN3O3/c1-15-5-4-6-21(13-15)30-25(32)23(18-7-10-20(11-8-18)28-17(3)31)24(26(30)33)29-22-12-9-19(27)14-16(22)2/h4-14,29H,1-3H3,(H,28,31). The van der Waals surface area contributed by atoms with Gasteiger partial charge in [0.1, 0.15) is 5.70 Å². The van der Waals surface area contributed by atoms with Crippen LogP contribution in [-0.2, 0) is 14.4 Å². The maximum absolute atomic E-state index is 13.5. The Bertz CT molecular complexity index is 1310. The lowest BCUT2D eigenvalue weighted by Gasteiger charge is -2.16. The van der Waals surface area contributed by atoms with Crippen LogP contribution in [0.25, 0.3) is 5.57 Å². The zero-order valence-corrected chi connectivity index (χ0v) is 19.2. The highest BCUT2D eigenvalue weighted by molar-refractivity contribution is 6.46.